The Hall–Kier alpha value is -2.60. The van der Waals surface area contributed by atoms with Gasteiger partial charge in [-0.1, -0.05) is 11.6 Å². The van der Waals surface area contributed by atoms with Gasteiger partial charge in [0.25, 0.3) is 5.91 Å². The Kier molecular flexibility index (Phi) is 6.97. The molecule has 2 rings (SSSR count). The molecule has 0 aliphatic rings. The lowest BCUT2D eigenvalue weighted by molar-refractivity contribution is 0.102. The second kappa shape index (κ2) is 9.20. The molecule has 0 heterocycles. The molecule has 2 aromatic rings. The Bertz CT molecular complexity index is 752. The van der Waals surface area contributed by atoms with Gasteiger partial charge in [0.2, 0.25) is 5.75 Å². The predicted octanol–water partition coefficient (Wildman–Crippen LogP) is 4.49. The highest BCUT2D eigenvalue weighted by Gasteiger charge is 2.19. The number of rotatable bonds is 8. The molecule has 6 nitrogen and oxygen atoms in total. The van der Waals surface area contributed by atoms with Gasteiger partial charge in [0, 0.05) is 10.6 Å². The fourth-order valence-corrected chi connectivity index (χ4v) is 2.49. The third-order valence-electron chi connectivity index (χ3n) is 3.38. The van der Waals surface area contributed by atoms with E-state index in [9.17, 15) is 9.90 Å². The molecule has 0 fully saturated rings. The number of phenols is 1. The monoisotopic (exact) mass is 379 g/mol. The number of aromatic hydroxyl groups is 1. The van der Waals surface area contributed by atoms with Crippen LogP contribution in [0.1, 0.15) is 31.1 Å². The van der Waals surface area contributed by atoms with Crippen LogP contribution in [0.5, 0.6) is 23.0 Å². The van der Waals surface area contributed by atoms with Crippen LogP contribution in [-0.2, 0) is 0 Å². The first-order valence-corrected chi connectivity index (χ1v) is 8.74. The lowest BCUT2D eigenvalue weighted by Gasteiger charge is -2.17. The number of hydrogen-bond acceptors (Lipinski definition) is 5. The Morgan fingerprint density at radius 1 is 1.00 bits per heavy atom. The molecule has 7 heteroatoms. The summed E-state index contributed by atoms with van der Waals surface area (Å²) in [7, 11) is 0. The molecule has 140 valence electrons. The molecule has 0 radical (unpaired) electrons. The van der Waals surface area contributed by atoms with Crippen LogP contribution in [0.3, 0.4) is 0 Å². The van der Waals surface area contributed by atoms with Gasteiger partial charge in [-0.05, 0) is 51.1 Å². The van der Waals surface area contributed by atoms with E-state index in [-0.39, 0.29) is 11.4 Å². The van der Waals surface area contributed by atoms with E-state index in [4.69, 9.17) is 25.8 Å². The number of phenolic OH excluding ortho intramolecular Hbond substituents is 1. The van der Waals surface area contributed by atoms with E-state index >= 15 is 0 Å². The molecule has 0 aromatic heterocycles. The number of nitrogens with one attached hydrogen (secondary N) is 1. The van der Waals surface area contributed by atoms with E-state index in [0.717, 1.165) is 0 Å². The standard InChI is InChI=1S/C19H22ClNO5/c1-4-24-16-9-12(10-17(25-5-2)18(16)26-6-3)19(23)21-14-11-13(20)7-8-15(14)22/h7-11,22H,4-6H2,1-3H3,(H,21,23). The Morgan fingerprint density at radius 2 is 1.58 bits per heavy atom. The highest BCUT2D eigenvalue weighted by molar-refractivity contribution is 6.31. The lowest BCUT2D eigenvalue weighted by atomic mass is 10.1. The summed E-state index contributed by atoms with van der Waals surface area (Å²) in [5, 5.41) is 12.9. The van der Waals surface area contributed by atoms with E-state index in [0.29, 0.717) is 47.7 Å². The second-order valence-corrected chi connectivity index (χ2v) is 5.65. The van der Waals surface area contributed by atoms with Crippen molar-refractivity contribution in [2.45, 2.75) is 20.8 Å². The Labute approximate surface area is 157 Å². The first kappa shape index (κ1) is 19.7. The van der Waals surface area contributed by atoms with E-state index in [1.54, 1.807) is 12.1 Å². The molecular weight excluding hydrogens is 358 g/mol. The van der Waals surface area contributed by atoms with Crippen LogP contribution in [0.2, 0.25) is 5.02 Å². The van der Waals surface area contributed by atoms with Gasteiger partial charge in [-0.2, -0.15) is 0 Å². The fraction of sp³-hybridized carbons (Fsp3) is 0.316. The molecule has 0 bridgehead atoms. The van der Waals surface area contributed by atoms with Crippen molar-refractivity contribution in [2.24, 2.45) is 0 Å². The first-order valence-electron chi connectivity index (χ1n) is 8.36. The molecule has 0 spiro atoms. The molecule has 0 atom stereocenters. The smallest absolute Gasteiger partial charge is 0.256 e. The van der Waals surface area contributed by atoms with Gasteiger partial charge in [-0.25, -0.2) is 0 Å². The number of hydrogen-bond donors (Lipinski definition) is 2. The molecule has 26 heavy (non-hydrogen) atoms. The van der Waals surface area contributed by atoms with Crippen molar-refractivity contribution in [3.63, 3.8) is 0 Å². The first-order chi connectivity index (χ1) is 12.5. The van der Waals surface area contributed by atoms with Crippen LogP contribution in [0, 0.1) is 0 Å². The van der Waals surface area contributed by atoms with Crippen LogP contribution >= 0.6 is 11.6 Å². The number of carbonyl (C=O) groups excluding carboxylic acids is 1. The van der Waals surface area contributed by atoms with Crippen molar-refractivity contribution < 1.29 is 24.1 Å². The molecule has 0 aliphatic heterocycles. The highest BCUT2D eigenvalue weighted by Crippen LogP contribution is 2.39. The number of amides is 1. The highest BCUT2D eigenvalue weighted by atomic mass is 35.5. The minimum Gasteiger partial charge on any atom is -0.506 e. The zero-order chi connectivity index (χ0) is 19.1. The maximum Gasteiger partial charge on any atom is 0.256 e. The average molecular weight is 380 g/mol. The predicted molar refractivity (Wildman–Crippen MR) is 101 cm³/mol. The van der Waals surface area contributed by atoms with E-state index in [2.05, 4.69) is 5.32 Å². The molecule has 0 aliphatic carbocycles. The third-order valence-corrected chi connectivity index (χ3v) is 3.61. The minimum atomic E-state index is -0.437. The zero-order valence-electron chi connectivity index (χ0n) is 15.0. The summed E-state index contributed by atoms with van der Waals surface area (Å²) in [5.74, 6) is 0.774. The summed E-state index contributed by atoms with van der Waals surface area (Å²) >= 11 is 5.92. The SMILES string of the molecule is CCOc1cc(C(=O)Nc2cc(Cl)ccc2O)cc(OCC)c1OCC. The van der Waals surface area contributed by atoms with Gasteiger partial charge in [0.05, 0.1) is 25.5 Å². The number of benzene rings is 2. The average Bonchev–Trinajstić information content (AvgIpc) is 2.61. The maximum absolute atomic E-state index is 12.6. The van der Waals surface area contributed by atoms with Gasteiger partial charge < -0.3 is 24.6 Å². The van der Waals surface area contributed by atoms with Gasteiger partial charge in [0.15, 0.2) is 11.5 Å². The largest absolute Gasteiger partial charge is 0.506 e. The molecule has 1 amide bonds. The van der Waals surface area contributed by atoms with Gasteiger partial charge in [-0.15, -0.1) is 0 Å². The molecule has 0 saturated carbocycles. The van der Waals surface area contributed by atoms with Crippen LogP contribution < -0.4 is 19.5 Å². The van der Waals surface area contributed by atoms with Gasteiger partial charge in [-0.3, -0.25) is 4.79 Å². The van der Waals surface area contributed by atoms with Crippen LogP contribution in [0.25, 0.3) is 0 Å². The van der Waals surface area contributed by atoms with Crippen molar-refractivity contribution in [2.75, 3.05) is 25.1 Å². The van der Waals surface area contributed by atoms with Crippen molar-refractivity contribution in [1.29, 1.82) is 0 Å². The molecule has 2 aromatic carbocycles. The normalized spacial score (nSPS) is 10.3. The Balaban J connectivity index is 2.40. The summed E-state index contributed by atoms with van der Waals surface area (Å²) in [4.78, 5) is 12.6. The second-order valence-electron chi connectivity index (χ2n) is 5.22. The molecular formula is C19H22ClNO5. The number of anilines is 1. The van der Waals surface area contributed by atoms with E-state index < -0.39 is 5.91 Å². The van der Waals surface area contributed by atoms with Crippen molar-refractivity contribution in [3.05, 3.63) is 40.9 Å². The number of carbonyl (C=O) groups is 1. The van der Waals surface area contributed by atoms with Crippen molar-refractivity contribution >= 4 is 23.2 Å². The van der Waals surface area contributed by atoms with Gasteiger partial charge >= 0.3 is 0 Å². The molecule has 2 N–H and O–H groups in total. The van der Waals surface area contributed by atoms with E-state index in [1.807, 2.05) is 20.8 Å². The zero-order valence-corrected chi connectivity index (χ0v) is 15.7. The fourth-order valence-electron chi connectivity index (χ4n) is 2.32. The van der Waals surface area contributed by atoms with E-state index in [1.165, 1.54) is 18.2 Å². The Morgan fingerprint density at radius 3 is 2.12 bits per heavy atom. The number of ether oxygens (including phenoxy) is 3. The van der Waals surface area contributed by atoms with Gasteiger partial charge in [0.1, 0.15) is 5.75 Å². The summed E-state index contributed by atoms with van der Waals surface area (Å²) in [6.45, 7) is 6.79. The molecule has 0 saturated heterocycles. The van der Waals surface area contributed by atoms with Crippen LogP contribution in [0.15, 0.2) is 30.3 Å². The minimum absolute atomic E-state index is 0.0799. The third kappa shape index (κ3) is 4.73. The van der Waals surface area contributed by atoms with Crippen molar-refractivity contribution in [1.82, 2.24) is 0 Å². The molecule has 0 unspecified atom stereocenters. The number of halogens is 1. The van der Waals surface area contributed by atoms with Crippen LogP contribution in [0.4, 0.5) is 5.69 Å². The van der Waals surface area contributed by atoms with Crippen LogP contribution in [-0.4, -0.2) is 30.8 Å². The van der Waals surface area contributed by atoms with Crippen molar-refractivity contribution in [3.8, 4) is 23.0 Å². The summed E-state index contributed by atoms with van der Waals surface area (Å²) in [6.07, 6.45) is 0. The lowest BCUT2D eigenvalue weighted by Crippen LogP contribution is -2.13. The summed E-state index contributed by atoms with van der Waals surface area (Å²) in [5.41, 5.74) is 0.520. The quantitative estimate of drug-likeness (QED) is 0.660. The maximum atomic E-state index is 12.6. The summed E-state index contributed by atoms with van der Waals surface area (Å²) < 4.78 is 16.8. The summed E-state index contributed by atoms with van der Waals surface area (Å²) in [6, 6.07) is 7.56. The topological polar surface area (TPSA) is 77.0 Å².